The topological polar surface area (TPSA) is 71.3 Å². The van der Waals surface area contributed by atoms with Crippen molar-refractivity contribution >= 4 is 10.0 Å². The molecule has 2 aliphatic heterocycles. The highest BCUT2D eigenvalue weighted by atomic mass is 32.2. The second-order valence-electron chi connectivity index (χ2n) is 6.05. The maximum Gasteiger partial charge on any atom is 0.213 e. The van der Waals surface area contributed by atoms with Crippen LogP contribution in [0.25, 0.3) is 0 Å². The molecule has 0 saturated carbocycles. The summed E-state index contributed by atoms with van der Waals surface area (Å²) in [4.78, 5) is 6.39. The third kappa shape index (κ3) is 2.84. The van der Waals surface area contributed by atoms with Crippen molar-refractivity contribution in [2.24, 2.45) is 5.92 Å². The normalized spacial score (nSPS) is 31.4. The SMILES string of the molecule is CCS(=O)(=O)N1CC[C@@H]2[C@@H](C[C@H](Cn3cncn3)N2C)C1. The molecule has 7 nitrogen and oxygen atoms in total. The van der Waals surface area contributed by atoms with E-state index in [-0.39, 0.29) is 5.75 Å². The maximum atomic E-state index is 12.1. The van der Waals surface area contributed by atoms with Crippen LogP contribution in [0.5, 0.6) is 0 Å². The van der Waals surface area contributed by atoms with Gasteiger partial charge < -0.3 is 0 Å². The Kier molecular flexibility index (Phi) is 4.02. The number of piperidine rings is 1. The number of fused-ring (bicyclic) bond motifs is 1. The molecule has 3 atom stereocenters. The molecule has 1 aromatic rings. The van der Waals surface area contributed by atoms with Crippen LogP contribution in [0.3, 0.4) is 0 Å². The first-order chi connectivity index (χ1) is 10.0. The molecule has 2 saturated heterocycles. The Labute approximate surface area is 126 Å². The third-order valence-corrected chi connectivity index (χ3v) is 6.80. The Balaban J connectivity index is 1.68. The summed E-state index contributed by atoms with van der Waals surface area (Å²) in [5.41, 5.74) is 0. The van der Waals surface area contributed by atoms with E-state index < -0.39 is 10.0 Å². The first-order valence-corrected chi connectivity index (χ1v) is 9.14. The van der Waals surface area contributed by atoms with E-state index in [0.29, 0.717) is 31.1 Å². The number of likely N-dealkylation sites (tertiary alicyclic amines) is 1. The molecular weight excluding hydrogens is 290 g/mol. The Morgan fingerprint density at radius 3 is 2.86 bits per heavy atom. The van der Waals surface area contributed by atoms with Gasteiger partial charge in [0.1, 0.15) is 12.7 Å². The quantitative estimate of drug-likeness (QED) is 0.784. The molecule has 0 amide bonds. The van der Waals surface area contributed by atoms with Crippen molar-refractivity contribution in [1.82, 2.24) is 24.0 Å². The van der Waals surface area contributed by atoms with Gasteiger partial charge in [0.2, 0.25) is 10.0 Å². The first kappa shape index (κ1) is 14.9. The number of hydrogen-bond donors (Lipinski definition) is 0. The Hall–Kier alpha value is -0.990. The van der Waals surface area contributed by atoms with E-state index in [0.717, 1.165) is 19.4 Å². The van der Waals surface area contributed by atoms with Crippen molar-refractivity contribution in [1.29, 1.82) is 0 Å². The van der Waals surface area contributed by atoms with Gasteiger partial charge >= 0.3 is 0 Å². The maximum absolute atomic E-state index is 12.1. The zero-order valence-corrected chi connectivity index (χ0v) is 13.4. The summed E-state index contributed by atoms with van der Waals surface area (Å²) in [7, 11) is -0.908. The number of aromatic nitrogens is 3. The summed E-state index contributed by atoms with van der Waals surface area (Å²) in [5, 5.41) is 4.17. The molecule has 3 heterocycles. The lowest BCUT2D eigenvalue weighted by molar-refractivity contribution is 0.155. The van der Waals surface area contributed by atoms with E-state index >= 15 is 0 Å². The number of nitrogens with zero attached hydrogens (tertiary/aromatic N) is 5. The molecule has 0 spiro atoms. The number of likely N-dealkylation sites (N-methyl/N-ethyl adjacent to an activating group) is 1. The van der Waals surface area contributed by atoms with Gasteiger partial charge in [-0.05, 0) is 32.7 Å². The van der Waals surface area contributed by atoms with Crippen LogP contribution in [0.4, 0.5) is 0 Å². The number of sulfonamides is 1. The molecule has 1 aromatic heterocycles. The summed E-state index contributed by atoms with van der Waals surface area (Å²) in [5.74, 6) is 0.626. The molecule has 2 aliphatic rings. The van der Waals surface area contributed by atoms with Crippen LogP contribution in [0.15, 0.2) is 12.7 Å². The van der Waals surface area contributed by atoms with Crippen LogP contribution >= 0.6 is 0 Å². The van der Waals surface area contributed by atoms with Crippen molar-refractivity contribution in [3.05, 3.63) is 12.7 Å². The zero-order chi connectivity index (χ0) is 15.0. The van der Waals surface area contributed by atoms with E-state index in [1.54, 1.807) is 23.9 Å². The summed E-state index contributed by atoms with van der Waals surface area (Å²) >= 11 is 0. The fraction of sp³-hybridized carbons (Fsp3) is 0.846. The number of hydrogen-bond acceptors (Lipinski definition) is 5. The lowest BCUT2D eigenvalue weighted by atomic mass is 9.93. The molecule has 0 N–H and O–H groups in total. The van der Waals surface area contributed by atoms with E-state index in [4.69, 9.17) is 0 Å². The Morgan fingerprint density at radius 1 is 1.38 bits per heavy atom. The monoisotopic (exact) mass is 313 g/mol. The van der Waals surface area contributed by atoms with Gasteiger partial charge in [-0.2, -0.15) is 5.10 Å². The molecule has 8 heteroatoms. The van der Waals surface area contributed by atoms with Gasteiger partial charge in [-0.1, -0.05) is 0 Å². The summed E-state index contributed by atoms with van der Waals surface area (Å²) in [6.45, 7) is 3.86. The smallest absolute Gasteiger partial charge is 0.213 e. The molecule has 0 aliphatic carbocycles. The molecular formula is C13H23N5O2S. The molecule has 0 bridgehead atoms. The highest BCUT2D eigenvalue weighted by molar-refractivity contribution is 7.89. The highest BCUT2D eigenvalue weighted by Crippen LogP contribution is 2.35. The number of rotatable bonds is 4. The minimum Gasteiger partial charge on any atom is -0.298 e. The molecule has 21 heavy (non-hydrogen) atoms. The second kappa shape index (κ2) is 5.66. The van der Waals surface area contributed by atoms with E-state index in [1.807, 2.05) is 4.68 Å². The second-order valence-corrected chi connectivity index (χ2v) is 8.30. The van der Waals surface area contributed by atoms with Crippen molar-refractivity contribution < 1.29 is 8.42 Å². The summed E-state index contributed by atoms with van der Waals surface area (Å²) in [6, 6.07) is 0.896. The third-order valence-electron chi connectivity index (χ3n) is 4.95. The van der Waals surface area contributed by atoms with Crippen LogP contribution in [0.1, 0.15) is 19.8 Å². The van der Waals surface area contributed by atoms with Gasteiger partial charge in [-0.25, -0.2) is 17.7 Å². The highest BCUT2D eigenvalue weighted by Gasteiger charge is 2.43. The largest absolute Gasteiger partial charge is 0.298 e. The van der Waals surface area contributed by atoms with Crippen LogP contribution in [-0.2, 0) is 16.6 Å². The van der Waals surface area contributed by atoms with Crippen LogP contribution < -0.4 is 0 Å². The lowest BCUT2D eigenvalue weighted by Crippen LogP contribution is -2.48. The standard InChI is InChI=1S/C13H23N5O2S/c1-3-21(19,20)18-5-4-13-11(7-18)6-12(16(13)2)8-17-10-14-9-15-17/h9-13H,3-8H2,1-2H3/t11-,12+,13+/m0/s1. The molecule has 2 fully saturated rings. The van der Waals surface area contributed by atoms with Crippen LogP contribution in [0.2, 0.25) is 0 Å². The Bertz CT molecular complexity index is 573. The van der Waals surface area contributed by atoms with Crippen molar-refractivity contribution in [2.45, 2.75) is 38.4 Å². The fourth-order valence-electron chi connectivity index (χ4n) is 3.72. The summed E-state index contributed by atoms with van der Waals surface area (Å²) in [6.07, 6.45) is 5.24. The summed E-state index contributed by atoms with van der Waals surface area (Å²) < 4.78 is 27.6. The van der Waals surface area contributed by atoms with Gasteiger partial charge in [0.15, 0.2) is 0 Å². The molecule has 0 radical (unpaired) electrons. The van der Waals surface area contributed by atoms with Crippen LogP contribution in [-0.4, -0.2) is 70.4 Å². The molecule has 3 rings (SSSR count). The van der Waals surface area contributed by atoms with Crippen molar-refractivity contribution in [2.75, 3.05) is 25.9 Å². The molecule has 0 aromatic carbocycles. The predicted molar refractivity (Wildman–Crippen MR) is 79.1 cm³/mol. The van der Waals surface area contributed by atoms with Gasteiger partial charge in [-0.15, -0.1) is 0 Å². The molecule has 118 valence electrons. The molecule has 0 unspecified atom stereocenters. The first-order valence-electron chi connectivity index (χ1n) is 7.53. The fourth-order valence-corrected chi connectivity index (χ4v) is 4.89. The van der Waals surface area contributed by atoms with E-state index in [1.165, 1.54) is 0 Å². The van der Waals surface area contributed by atoms with Gasteiger partial charge in [-0.3, -0.25) is 9.58 Å². The van der Waals surface area contributed by atoms with E-state index in [9.17, 15) is 8.42 Å². The minimum atomic E-state index is -3.06. The van der Waals surface area contributed by atoms with Crippen LogP contribution in [0, 0.1) is 5.92 Å². The van der Waals surface area contributed by atoms with E-state index in [2.05, 4.69) is 22.0 Å². The minimum absolute atomic E-state index is 0.197. The lowest BCUT2D eigenvalue weighted by Gasteiger charge is -2.36. The van der Waals surface area contributed by atoms with Gasteiger partial charge in [0.05, 0.1) is 12.3 Å². The zero-order valence-electron chi connectivity index (χ0n) is 12.6. The predicted octanol–water partition coefficient (Wildman–Crippen LogP) is 0.0224. The van der Waals surface area contributed by atoms with Crippen molar-refractivity contribution in [3.8, 4) is 0 Å². The Morgan fingerprint density at radius 2 is 2.19 bits per heavy atom. The van der Waals surface area contributed by atoms with Crippen molar-refractivity contribution in [3.63, 3.8) is 0 Å². The van der Waals surface area contributed by atoms with Gasteiger partial charge in [0.25, 0.3) is 0 Å². The average Bonchev–Trinajstić information content (AvgIpc) is 3.08. The average molecular weight is 313 g/mol. The van der Waals surface area contributed by atoms with Gasteiger partial charge in [0, 0.05) is 25.2 Å².